The number of nitrogens with zero attached hydrogens (tertiary/aromatic N) is 4. The highest BCUT2D eigenvalue weighted by Crippen LogP contribution is 2.39. The summed E-state index contributed by atoms with van der Waals surface area (Å²) in [5, 5.41) is 3.06. The zero-order chi connectivity index (χ0) is 19.7. The summed E-state index contributed by atoms with van der Waals surface area (Å²) in [5.41, 5.74) is 3.41. The molecule has 1 N–H and O–H groups in total. The molecule has 6 heteroatoms. The van der Waals surface area contributed by atoms with Crippen LogP contribution in [0, 0.1) is 5.41 Å². The van der Waals surface area contributed by atoms with Gasteiger partial charge in [0.05, 0.1) is 12.2 Å². The number of urea groups is 1. The Morgan fingerprint density at radius 3 is 2.72 bits per heavy atom. The van der Waals surface area contributed by atoms with Crippen LogP contribution < -0.4 is 5.32 Å². The van der Waals surface area contributed by atoms with E-state index >= 15 is 0 Å². The van der Waals surface area contributed by atoms with E-state index in [4.69, 9.17) is 0 Å². The van der Waals surface area contributed by atoms with E-state index in [0.29, 0.717) is 6.54 Å². The Labute approximate surface area is 171 Å². The highest BCUT2D eigenvalue weighted by molar-refractivity contribution is 5.74. The molecule has 3 aromatic rings. The number of likely N-dealkylation sites (tertiary alicyclic amines) is 2. The molecule has 150 valence electrons. The lowest BCUT2D eigenvalue weighted by Gasteiger charge is -2.25. The van der Waals surface area contributed by atoms with Crippen molar-refractivity contribution in [2.45, 2.75) is 25.9 Å². The number of benzene rings is 1. The summed E-state index contributed by atoms with van der Waals surface area (Å²) in [6, 6.07) is 16.6. The standard InChI is InChI=1S/C23H27N5O/c29-22(24-14-20-16-27-11-5-4-8-21(27)25-20)28-13-10-23(18-28)9-12-26(17-23)15-19-6-2-1-3-7-19/h1-8,11,16H,9-10,12-15,17-18H2,(H,24,29). The van der Waals surface area contributed by atoms with Crippen LogP contribution in [0.1, 0.15) is 24.1 Å². The van der Waals surface area contributed by atoms with Gasteiger partial charge in [0.1, 0.15) is 5.65 Å². The van der Waals surface area contributed by atoms with Crippen LogP contribution in [-0.2, 0) is 13.1 Å². The molecule has 1 atom stereocenters. The van der Waals surface area contributed by atoms with Gasteiger partial charge in [0, 0.05) is 44.0 Å². The summed E-state index contributed by atoms with van der Waals surface area (Å²) in [7, 11) is 0. The molecule has 2 aromatic heterocycles. The molecule has 0 saturated carbocycles. The Morgan fingerprint density at radius 2 is 1.86 bits per heavy atom. The summed E-state index contributed by atoms with van der Waals surface area (Å²) < 4.78 is 1.98. The fourth-order valence-corrected chi connectivity index (χ4v) is 4.80. The van der Waals surface area contributed by atoms with Crippen LogP contribution in [0.4, 0.5) is 4.79 Å². The van der Waals surface area contributed by atoms with Crippen LogP contribution in [0.15, 0.2) is 60.9 Å². The second-order valence-electron chi connectivity index (χ2n) is 8.47. The van der Waals surface area contributed by atoms with E-state index < -0.39 is 0 Å². The molecule has 29 heavy (non-hydrogen) atoms. The Hall–Kier alpha value is -2.86. The molecule has 1 unspecified atom stereocenters. The Bertz CT molecular complexity index is 968. The second kappa shape index (κ2) is 7.52. The van der Waals surface area contributed by atoms with Gasteiger partial charge in [0.2, 0.25) is 0 Å². The third kappa shape index (κ3) is 3.85. The lowest BCUT2D eigenvalue weighted by molar-refractivity contribution is 0.197. The molecule has 2 fully saturated rings. The summed E-state index contributed by atoms with van der Waals surface area (Å²) in [4.78, 5) is 21.8. The maximum absolute atomic E-state index is 12.7. The molecule has 1 spiro atoms. The number of carbonyl (C=O) groups excluding carboxylic acids is 1. The molecule has 5 rings (SSSR count). The summed E-state index contributed by atoms with van der Waals surface area (Å²) >= 11 is 0. The van der Waals surface area contributed by atoms with E-state index in [-0.39, 0.29) is 11.4 Å². The molecule has 4 heterocycles. The largest absolute Gasteiger partial charge is 0.332 e. The molecule has 1 aromatic carbocycles. The Balaban J connectivity index is 1.15. The first-order valence-corrected chi connectivity index (χ1v) is 10.4. The van der Waals surface area contributed by atoms with Crippen LogP contribution in [0.25, 0.3) is 5.65 Å². The van der Waals surface area contributed by atoms with E-state index in [0.717, 1.165) is 50.5 Å². The van der Waals surface area contributed by atoms with Crippen LogP contribution in [0.5, 0.6) is 0 Å². The zero-order valence-corrected chi connectivity index (χ0v) is 16.6. The summed E-state index contributed by atoms with van der Waals surface area (Å²) in [5.74, 6) is 0. The fourth-order valence-electron chi connectivity index (χ4n) is 4.80. The normalized spacial score (nSPS) is 22.0. The van der Waals surface area contributed by atoms with Gasteiger partial charge in [0.15, 0.2) is 0 Å². The van der Waals surface area contributed by atoms with Crippen molar-refractivity contribution in [3.05, 3.63) is 72.2 Å². The van der Waals surface area contributed by atoms with Crippen LogP contribution in [0.2, 0.25) is 0 Å². The van der Waals surface area contributed by atoms with Crippen molar-refractivity contribution in [2.75, 3.05) is 26.2 Å². The minimum absolute atomic E-state index is 0.0282. The molecule has 0 radical (unpaired) electrons. The molecule has 0 aliphatic carbocycles. The number of rotatable bonds is 4. The van der Waals surface area contributed by atoms with Gasteiger partial charge in [-0.2, -0.15) is 0 Å². The molecular weight excluding hydrogens is 362 g/mol. The monoisotopic (exact) mass is 389 g/mol. The second-order valence-corrected chi connectivity index (χ2v) is 8.47. The molecule has 6 nitrogen and oxygen atoms in total. The van der Waals surface area contributed by atoms with Gasteiger partial charge in [-0.15, -0.1) is 0 Å². The van der Waals surface area contributed by atoms with Crippen LogP contribution in [0.3, 0.4) is 0 Å². The topological polar surface area (TPSA) is 52.9 Å². The number of pyridine rings is 1. The minimum atomic E-state index is 0.0282. The number of amides is 2. The smallest absolute Gasteiger partial charge is 0.317 e. The third-order valence-electron chi connectivity index (χ3n) is 6.33. The number of imidazole rings is 1. The van der Waals surface area contributed by atoms with Crippen molar-refractivity contribution in [3.8, 4) is 0 Å². The van der Waals surface area contributed by atoms with Crippen LogP contribution in [-0.4, -0.2) is 51.4 Å². The molecule has 2 amide bonds. The van der Waals surface area contributed by atoms with Gasteiger partial charge in [-0.3, -0.25) is 4.90 Å². The van der Waals surface area contributed by atoms with Gasteiger partial charge in [-0.25, -0.2) is 9.78 Å². The molecule has 2 aliphatic rings. The van der Waals surface area contributed by atoms with Gasteiger partial charge < -0.3 is 14.6 Å². The van der Waals surface area contributed by atoms with Crippen molar-refractivity contribution in [1.82, 2.24) is 24.5 Å². The molecule has 2 saturated heterocycles. The van der Waals surface area contributed by atoms with Crippen molar-refractivity contribution in [2.24, 2.45) is 5.41 Å². The van der Waals surface area contributed by atoms with Crippen molar-refractivity contribution in [1.29, 1.82) is 0 Å². The predicted octanol–water partition coefficient (Wildman–Crippen LogP) is 3.14. The Morgan fingerprint density at radius 1 is 1.03 bits per heavy atom. The number of fused-ring (bicyclic) bond motifs is 1. The highest BCUT2D eigenvalue weighted by atomic mass is 16.2. The van der Waals surface area contributed by atoms with Crippen molar-refractivity contribution in [3.63, 3.8) is 0 Å². The number of hydrogen-bond donors (Lipinski definition) is 1. The lowest BCUT2D eigenvalue weighted by Crippen LogP contribution is -2.40. The fraction of sp³-hybridized carbons (Fsp3) is 0.391. The average molecular weight is 390 g/mol. The quantitative estimate of drug-likeness (QED) is 0.746. The summed E-state index contributed by atoms with van der Waals surface area (Å²) in [6.07, 6.45) is 6.22. The SMILES string of the molecule is O=C(NCc1cn2ccccc2n1)N1CCC2(CCN(Cc3ccccc3)C2)C1. The first-order chi connectivity index (χ1) is 14.2. The van der Waals surface area contributed by atoms with Gasteiger partial charge in [-0.05, 0) is 37.1 Å². The van der Waals surface area contributed by atoms with Crippen LogP contribution >= 0.6 is 0 Å². The molecule has 0 bridgehead atoms. The first-order valence-electron chi connectivity index (χ1n) is 10.4. The van der Waals surface area contributed by atoms with E-state index in [1.165, 1.54) is 12.0 Å². The predicted molar refractivity (Wildman–Crippen MR) is 112 cm³/mol. The maximum atomic E-state index is 12.7. The molecule has 2 aliphatic heterocycles. The van der Waals surface area contributed by atoms with E-state index in [1.807, 2.05) is 39.9 Å². The Kier molecular flexibility index (Phi) is 4.72. The average Bonchev–Trinajstić information content (AvgIpc) is 3.46. The van der Waals surface area contributed by atoms with E-state index in [2.05, 4.69) is 45.5 Å². The lowest BCUT2D eigenvalue weighted by atomic mass is 9.86. The highest BCUT2D eigenvalue weighted by Gasteiger charge is 2.44. The van der Waals surface area contributed by atoms with Gasteiger partial charge >= 0.3 is 6.03 Å². The minimum Gasteiger partial charge on any atom is -0.332 e. The van der Waals surface area contributed by atoms with E-state index in [1.54, 1.807) is 0 Å². The number of nitrogens with one attached hydrogen (secondary N) is 1. The van der Waals surface area contributed by atoms with Gasteiger partial charge in [0.25, 0.3) is 0 Å². The van der Waals surface area contributed by atoms with Crippen molar-refractivity contribution < 1.29 is 4.79 Å². The third-order valence-corrected chi connectivity index (χ3v) is 6.33. The first kappa shape index (κ1) is 18.2. The van der Waals surface area contributed by atoms with Crippen molar-refractivity contribution >= 4 is 11.7 Å². The molecular formula is C23H27N5O. The number of carbonyl (C=O) groups is 1. The number of aromatic nitrogens is 2. The number of hydrogen-bond acceptors (Lipinski definition) is 3. The zero-order valence-electron chi connectivity index (χ0n) is 16.6. The summed E-state index contributed by atoms with van der Waals surface area (Å²) in [6.45, 7) is 5.36. The van der Waals surface area contributed by atoms with Gasteiger partial charge in [-0.1, -0.05) is 36.4 Å². The van der Waals surface area contributed by atoms with E-state index in [9.17, 15) is 4.79 Å². The maximum Gasteiger partial charge on any atom is 0.317 e.